The van der Waals surface area contributed by atoms with Crippen LogP contribution in [0.15, 0.2) is 0 Å². The molecule has 1 aliphatic heterocycles. The van der Waals surface area contributed by atoms with Crippen LogP contribution < -0.4 is 5.73 Å². The number of rotatable bonds is 5. The third kappa shape index (κ3) is 3.72. The van der Waals surface area contributed by atoms with E-state index in [2.05, 4.69) is 23.9 Å². The van der Waals surface area contributed by atoms with Crippen molar-refractivity contribution in [3.05, 3.63) is 0 Å². The Bertz CT molecular complexity index is 167. The van der Waals surface area contributed by atoms with Crippen LogP contribution in [-0.4, -0.2) is 69.3 Å². The van der Waals surface area contributed by atoms with Gasteiger partial charge in [0.25, 0.3) is 0 Å². The molecule has 1 rings (SSSR count). The van der Waals surface area contributed by atoms with Gasteiger partial charge >= 0.3 is 0 Å². The van der Waals surface area contributed by atoms with Crippen LogP contribution in [0.5, 0.6) is 0 Å². The maximum atomic E-state index is 5.75. The van der Waals surface area contributed by atoms with Gasteiger partial charge in [-0.15, -0.1) is 0 Å². The van der Waals surface area contributed by atoms with Crippen molar-refractivity contribution in [3.8, 4) is 0 Å². The molecule has 1 unspecified atom stereocenters. The van der Waals surface area contributed by atoms with Crippen molar-refractivity contribution < 1.29 is 4.74 Å². The predicted molar refractivity (Wildman–Crippen MR) is 63.0 cm³/mol. The monoisotopic (exact) mass is 215 g/mol. The smallest absolute Gasteiger partial charge is 0.0630 e. The summed E-state index contributed by atoms with van der Waals surface area (Å²) < 4.78 is 5.19. The molecule has 1 fully saturated rings. The van der Waals surface area contributed by atoms with Crippen LogP contribution in [0.4, 0.5) is 0 Å². The molecule has 0 aromatic heterocycles. The van der Waals surface area contributed by atoms with Crippen LogP contribution in [0.3, 0.4) is 0 Å². The highest BCUT2D eigenvalue weighted by Crippen LogP contribution is 2.16. The minimum absolute atomic E-state index is 0.401. The highest BCUT2D eigenvalue weighted by Gasteiger charge is 2.24. The van der Waals surface area contributed by atoms with E-state index in [9.17, 15) is 0 Å². The number of piperidine rings is 1. The molecule has 0 saturated carbocycles. The van der Waals surface area contributed by atoms with Gasteiger partial charge in [0.05, 0.1) is 6.61 Å². The zero-order chi connectivity index (χ0) is 11.3. The molecule has 0 aliphatic carbocycles. The molecule has 15 heavy (non-hydrogen) atoms. The second-order valence-electron chi connectivity index (χ2n) is 4.58. The molecule has 1 heterocycles. The number of methoxy groups -OCH3 is 1. The van der Waals surface area contributed by atoms with Gasteiger partial charge in [-0.05, 0) is 26.9 Å². The molecule has 1 saturated heterocycles. The van der Waals surface area contributed by atoms with E-state index in [-0.39, 0.29) is 0 Å². The van der Waals surface area contributed by atoms with Crippen molar-refractivity contribution in [2.45, 2.75) is 24.9 Å². The van der Waals surface area contributed by atoms with E-state index in [1.165, 1.54) is 12.8 Å². The summed E-state index contributed by atoms with van der Waals surface area (Å²) in [5, 5.41) is 0. The van der Waals surface area contributed by atoms with Gasteiger partial charge in [0, 0.05) is 38.8 Å². The lowest BCUT2D eigenvalue weighted by molar-refractivity contribution is 0.0604. The minimum Gasteiger partial charge on any atom is -0.383 e. The number of hydrogen-bond donors (Lipinski definition) is 1. The summed E-state index contributed by atoms with van der Waals surface area (Å²) in [5.74, 6) is 0. The van der Waals surface area contributed by atoms with Gasteiger partial charge in [-0.3, -0.25) is 4.90 Å². The Hall–Kier alpha value is -0.160. The van der Waals surface area contributed by atoms with Crippen LogP contribution in [-0.2, 0) is 4.74 Å². The van der Waals surface area contributed by atoms with E-state index in [1.54, 1.807) is 7.11 Å². The fourth-order valence-corrected chi connectivity index (χ4v) is 2.28. The van der Waals surface area contributed by atoms with Crippen LogP contribution in [0, 0.1) is 0 Å². The van der Waals surface area contributed by atoms with E-state index in [4.69, 9.17) is 10.5 Å². The molecule has 0 bridgehead atoms. The van der Waals surface area contributed by atoms with Gasteiger partial charge in [0.15, 0.2) is 0 Å². The Morgan fingerprint density at radius 3 is 2.40 bits per heavy atom. The molecule has 1 atom stereocenters. The SMILES string of the molecule is COCC(CN)N1CCC(N(C)C)CC1. The third-order valence-corrected chi connectivity index (χ3v) is 3.38. The molecule has 4 nitrogen and oxygen atoms in total. The molecule has 0 aromatic rings. The molecular weight excluding hydrogens is 190 g/mol. The van der Waals surface area contributed by atoms with Gasteiger partial charge in [0.1, 0.15) is 0 Å². The van der Waals surface area contributed by atoms with E-state index in [0.717, 1.165) is 25.7 Å². The normalized spacial score (nSPS) is 22.2. The topological polar surface area (TPSA) is 41.7 Å². The van der Waals surface area contributed by atoms with E-state index in [1.807, 2.05) is 0 Å². The maximum Gasteiger partial charge on any atom is 0.0630 e. The fourth-order valence-electron chi connectivity index (χ4n) is 2.28. The van der Waals surface area contributed by atoms with Crippen LogP contribution in [0.2, 0.25) is 0 Å². The average molecular weight is 215 g/mol. The highest BCUT2D eigenvalue weighted by atomic mass is 16.5. The first-order chi connectivity index (χ1) is 7.19. The van der Waals surface area contributed by atoms with Crippen molar-refractivity contribution >= 4 is 0 Å². The highest BCUT2D eigenvalue weighted by molar-refractivity contribution is 4.81. The number of likely N-dealkylation sites (tertiary alicyclic amines) is 1. The molecule has 0 spiro atoms. The first kappa shape index (κ1) is 12.9. The lowest BCUT2D eigenvalue weighted by Crippen LogP contribution is -2.50. The number of hydrogen-bond acceptors (Lipinski definition) is 4. The molecule has 90 valence electrons. The standard InChI is InChI=1S/C11H25N3O/c1-13(2)10-4-6-14(7-5-10)11(8-12)9-15-3/h10-11H,4-9,12H2,1-3H3. The van der Waals surface area contributed by atoms with Crippen LogP contribution in [0.1, 0.15) is 12.8 Å². The molecular formula is C11H25N3O. The van der Waals surface area contributed by atoms with Gasteiger partial charge in [0.2, 0.25) is 0 Å². The molecule has 0 amide bonds. The Morgan fingerprint density at radius 1 is 1.40 bits per heavy atom. The summed E-state index contributed by atoms with van der Waals surface area (Å²) in [4.78, 5) is 4.79. The van der Waals surface area contributed by atoms with Gasteiger partial charge in [-0.25, -0.2) is 0 Å². The summed E-state index contributed by atoms with van der Waals surface area (Å²) in [7, 11) is 6.07. The Kier molecular flexibility index (Phi) is 5.53. The molecule has 0 radical (unpaired) electrons. The largest absolute Gasteiger partial charge is 0.383 e. The lowest BCUT2D eigenvalue weighted by atomic mass is 10.0. The average Bonchev–Trinajstić information content (AvgIpc) is 2.26. The van der Waals surface area contributed by atoms with Crippen LogP contribution in [0.25, 0.3) is 0 Å². The van der Waals surface area contributed by atoms with Gasteiger partial charge < -0.3 is 15.4 Å². The fraction of sp³-hybridized carbons (Fsp3) is 1.00. The van der Waals surface area contributed by atoms with Crippen molar-refractivity contribution in [1.82, 2.24) is 9.80 Å². The summed E-state index contributed by atoms with van der Waals surface area (Å²) in [6.45, 7) is 3.74. The van der Waals surface area contributed by atoms with Crippen molar-refractivity contribution in [2.75, 3.05) is 47.4 Å². The zero-order valence-corrected chi connectivity index (χ0v) is 10.3. The van der Waals surface area contributed by atoms with E-state index >= 15 is 0 Å². The number of nitrogens with two attached hydrogens (primary N) is 1. The number of nitrogens with zero attached hydrogens (tertiary/aromatic N) is 2. The first-order valence-corrected chi connectivity index (χ1v) is 5.78. The summed E-state index contributed by atoms with van der Waals surface area (Å²) in [6.07, 6.45) is 2.49. The second kappa shape index (κ2) is 6.43. The quantitative estimate of drug-likeness (QED) is 0.700. The molecule has 4 heteroatoms. The van der Waals surface area contributed by atoms with E-state index < -0.39 is 0 Å². The second-order valence-corrected chi connectivity index (χ2v) is 4.58. The predicted octanol–water partition coefficient (Wildman–Crippen LogP) is -0.0139. The van der Waals surface area contributed by atoms with E-state index in [0.29, 0.717) is 12.6 Å². The molecule has 2 N–H and O–H groups in total. The summed E-state index contributed by atoms with van der Waals surface area (Å²) in [5.41, 5.74) is 5.75. The zero-order valence-electron chi connectivity index (χ0n) is 10.3. The Morgan fingerprint density at radius 2 is 2.00 bits per heavy atom. The maximum absolute atomic E-state index is 5.75. The van der Waals surface area contributed by atoms with Crippen LogP contribution >= 0.6 is 0 Å². The first-order valence-electron chi connectivity index (χ1n) is 5.78. The van der Waals surface area contributed by atoms with Crippen molar-refractivity contribution in [1.29, 1.82) is 0 Å². The minimum atomic E-state index is 0.401. The molecule has 0 aromatic carbocycles. The lowest BCUT2D eigenvalue weighted by Gasteiger charge is -2.38. The summed E-state index contributed by atoms with van der Waals surface area (Å²) in [6, 6.07) is 1.14. The third-order valence-electron chi connectivity index (χ3n) is 3.38. The Labute approximate surface area is 93.4 Å². The van der Waals surface area contributed by atoms with Crippen molar-refractivity contribution in [2.24, 2.45) is 5.73 Å². The number of ether oxygens (including phenoxy) is 1. The van der Waals surface area contributed by atoms with Gasteiger partial charge in [-0.2, -0.15) is 0 Å². The van der Waals surface area contributed by atoms with Gasteiger partial charge in [-0.1, -0.05) is 0 Å². The Balaban J connectivity index is 2.35. The van der Waals surface area contributed by atoms with Crippen molar-refractivity contribution in [3.63, 3.8) is 0 Å². The summed E-state index contributed by atoms with van der Waals surface area (Å²) >= 11 is 0. The molecule has 1 aliphatic rings.